The van der Waals surface area contributed by atoms with Gasteiger partial charge in [-0.05, 0) is 30.3 Å². The molecule has 3 aromatic carbocycles. The average Bonchev–Trinajstić information content (AvgIpc) is 3.36. The molecule has 0 spiro atoms. The largest absolute Gasteiger partial charge is 0.416 e. The summed E-state index contributed by atoms with van der Waals surface area (Å²) < 4.78 is 11.4. The van der Waals surface area contributed by atoms with Crippen LogP contribution in [0.1, 0.15) is 0 Å². The van der Waals surface area contributed by atoms with Gasteiger partial charge in [-0.2, -0.15) is 0 Å². The number of fused-ring (bicyclic) bond motifs is 1. The van der Waals surface area contributed by atoms with Crippen molar-refractivity contribution in [2.24, 2.45) is 0 Å². The lowest BCUT2D eigenvalue weighted by atomic mass is 10.1. The Hall–Kier alpha value is -3.73. The fourth-order valence-electron chi connectivity index (χ4n) is 2.91. The van der Waals surface area contributed by atoms with E-state index in [1.165, 1.54) is 0 Å². The van der Waals surface area contributed by atoms with E-state index < -0.39 is 0 Å². The molecule has 26 heavy (non-hydrogen) atoms. The number of aromatic nitrogens is 3. The molecule has 5 heteroatoms. The molecule has 0 N–H and O–H groups in total. The second kappa shape index (κ2) is 5.97. The van der Waals surface area contributed by atoms with Crippen LogP contribution in [0.3, 0.4) is 0 Å². The summed E-state index contributed by atoms with van der Waals surface area (Å²) in [6.45, 7) is 0. The number of nitrogens with zero attached hydrogens (tertiary/aromatic N) is 3. The molecule has 2 aromatic heterocycles. The molecule has 5 rings (SSSR count). The molecule has 0 bridgehead atoms. The Balaban J connectivity index is 1.59. The lowest BCUT2D eigenvalue weighted by Gasteiger charge is -1.98. The third-order valence-corrected chi connectivity index (χ3v) is 4.21. The normalized spacial score (nSPS) is 11.1. The van der Waals surface area contributed by atoms with Crippen molar-refractivity contribution in [2.75, 3.05) is 0 Å². The van der Waals surface area contributed by atoms with Gasteiger partial charge in [0, 0.05) is 16.7 Å². The zero-order valence-electron chi connectivity index (χ0n) is 13.7. The minimum Gasteiger partial charge on any atom is -0.416 e. The summed E-state index contributed by atoms with van der Waals surface area (Å²) in [5.74, 6) is 1.69. The first kappa shape index (κ1) is 14.6. The van der Waals surface area contributed by atoms with E-state index in [2.05, 4.69) is 15.4 Å². The smallest absolute Gasteiger partial charge is 0.248 e. The van der Waals surface area contributed by atoms with Crippen molar-refractivity contribution >= 4 is 10.9 Å². The molecular weight excluding hydrogens is 326 g/mol. The molecule has 0 radical (unpaired) electrons. The fraction of sp³-hybridized carbons (Fsp3) is 0. The third kappa shape index (κ3) is 2.46. The van der Waals surface area contributed by atoms with Crippen molar-refractivity contribution in [1.82, 2.24) is 15.4 Å². The second-order valence-corrected chi connectivity index (χ2v) is 5.89. The summed E-state index contributed by atoms with van der Waals surface area (Å²) in [5, 5.41) is 13.4. The fourth-order valence-corrected chi connectivity index (χ4v) is 2.91. The topological polar surface area (TPSA) is 65.0 Å². The van der Waals surface area contributed by atoms with Crippen molar-refractivity contribution in [3.63, 3.8) is 0 Å². The Kier molecular flexibility index (Phi) is 3.35. The van der Waals surface area contributed by atoms with Crippen molar-refractivity contribution in [3.8, 4) is 34.2 Å². The Morgan fingerprint density at radius 1 is 0.615 bits per heavy atom. The van der Waals surface area contributed by atoms with Gasteiger partial charge in [0.15, 0.2) is 5.76 Å². The highest BCUT2D eigenvalue weighted by Gasteiger charge is 2.15. The van der Waals surface area contributed by atoms with Crippen LogP contribution in [0.15, 0.2) is 87.8 Å². The van der Waals surface area contributed by atoms with E-state index in [1.807, 2.05) is 78.9 Å². The van der Waals surface area contributed by atoms with E-state index in [-0.39, 0.29) is 0 Å². The summed E-state index contributed by atoms with van der Waals surface area (Å²) in [6, 6.07) is 25.4. The number of rotatable bonds is 3. The Labute approximate surface area is 148 Å². The van der Waals surface area contributed by atoms with E-state index >= 15 is 0 Å². The highest BCUT2D eigenvalue weighted by molar-refractivity contribution is 5.93. The van der Waals surface area contributed by atoms with Crippen molar-refractivity contribution < 1.29 is 8.94 Å². The third-order valence-electron chi connectivity index (χ3n) is 4.21. The molecule has 5 nitrogen and oxygen atoms in total. The SMILES string of the molecule is c1ccc(-c2nnc(-c3ccc4noc(-c5ccccc5)c4c3)o2)cc1. The number of hydrogen-bond donors (Lipinski definition) is 0. The highest BCUT2D eigenvalue weighted by Crippen LogP contribution is 2.32. The van der Waals surface area contributed by atoms with E-state index in [1.54, 1.807) is 0 Å². The maximum Gasteiger partial charge on any atom is 0.248 e. The minimum atomic E-state index is 0.464. The molecule has 5 aromatic rings. The number of benzene rings is 3. The predicted molar refractivity (Wildman–Crippen MR) is 98.2 cm³/mol. The van der Waals surface area contributed by atoms with Gasteiger partial charge in [0.2, 0.25) is 11.8 Å². The van der Waals surface area contributed by atoms with E-state index in [9.17, 15) is 0 Å². The van der Waals surface area contributed by atoms with E-state index in [4.69, 9.17) is 8.94 Å². The van der Waals surface area contributed by atoms with Crippen molar-refractivity contribution in [2.45, 2.75) is 0 Å². The first-order valence-corrected chi connectivity index (χ1v) is 8.23. The summed E-state index contributed by atoms with van der Waals surface area (Å²) in [7, 11) is 0. The lowest BCUT2D eigenvalue weighted by molar-refractivity contribution is 0.441. The quantitative estimate of drug-likeness (QED) is 0.451. The van der Waals surface area contributed by atoms with Gasteiger partial charge in [0.1, 0.15) is 5.52 Å². The molecule has 0 aliphatic heterocycles. The molecule has 0 fully saturated rings. The molecule has 0 unspecified atom stereocenters. The van der Waals surface area contributed by atoms with Gasteiger partial charge < -0.3 is 8.94 Å². The molecule has 2 heterocycles. The van der Waals surface area contributed by atoms with E-state index in [0.29, 0.717) is 11.8 Å². The molecule has 0 amide bonds. The van der Waals surface area contributed by atoms with Gasteiger partial charge in [0.05, 0.1) is 5.39 Å². The van der Waals surface area contributed by atoms with Crippen LogP contribution in [0.25, 0.3) is 45.1 Å². The van der Waals surface area contributed by atoms with Crippen LogP contribution >= 0.6 is 0 Å². The zero-order valence-corrected chi connectivity index (χ0v) is 13.7. The van der Waals surface area contributed by atoms with Crippen LogP contribution in [0.5, 0.6) is 0 Å². The van der Waals surface area contributed by atoms with Crippen LogP contribution in [0.4, 0.5) is 0 Å². The van der Waals surface area contributed by atoms with Crippen molar-refractivity contribution in [1.29, 1.82) is 0 Å². The summed E-state index contributed by atoms with van der Waals surface area (Å²) in [6.07, 6.45) is 0. The predicted octanol–water partition coefficient (Wildman–Crippen LogP) is 5.21. The zero-order chi connectivity index (χ0) is 17.3. The highest BCUT2D eigenvalue weighted by atomic mass is 16.5. The molecule has 0 saturated heterocycles. The van der Waals surface area contributed by atoms with E-state index in [0.717, 1.165) is 33.4 Å². The van der Waals surface area contributed by atoms with Gasteiger partial charge in [-0.25, -0.2) is 0 Å². The van der Waals surface area contributed by atoms with Gasteiger partial charge in [-0.3, -0.25) is 0 Å². The van der Waals surface area contributed by atoms with Crippen LogP contribution in [0.2, 0.25) is 0 Å². The second-order valence-electron chi connectivity index (χ2n) is 5.89. The standard InChI is InChI=1S/C21H13N3O2/c1-3-7-14(8-4-1)19-17-13-16(11-12-18(17)24-26-19)21-23-22-20(25-21)15-9-5-2-6-10-15/h1-13H. The van der Waals surface area contributed by atoms with Gasteiger partial charge in [-0.15, -0.1) is 10.2 Å². The van der Waals surface area contributed by atoms with Crippen LogP contribution < -0.4 is 0 Å². The Morgan fingerprint density at radius 2 is 1.27 bits per heavy atom. The average molecular weight is 339 g/mol. The maximum atomic E-state index is 5.85. The molecule has 0 aliphatic carbocycles. The van der Waals surface area contributed by atoms with Crippen molar-refractivity contribution in [3.05, 3.63) is 78.9 Å². The molecule has 0 saturated carbocycles. The maximum absolute atomic E-state index is 5.85. The van der Waals surface area contributed by atoms with Crippen LogP contribution in [-0.2, 0) is 0 Å². The summed E-state index contributed by atoms with van der Waals surface area (Å²) in [5.41, 5.74) is 3.48. The lowest BCUT2D eigenvalue weighted by Crippen LogP contribution is -1.79. The molecular formula is C21H13N3O2. The molecule has 0 aliphatic rings. The number of hydrogen-bond acceptors (Lipinski definition) is 5. The Bertz CT molecular complexity index is 1180. The summed E-state index contributed by atoms with van der Waals surface area (Å²) in [4.78, 5) is 0. The monoisotopic (exact) mass is 339 g/mol. The first-order valence-electron chi connectivity index (χ1n) is 8.23. The van der Waals surface area contributed by atoms with Crippen LogP contribution in [-0.4, -0.2) is 15.4 Å². The van der Waals surface area contributed by atoms with Gasteiger partial charge in [-0.1, -0.05) is 53.7 Å². The first-order chi connectivity index (χ1) is 12.9. The van der Waals surface area contributed by atoms with Crippen LogP contribution in [0, 0.1) is 0 Å². The van der Waals surface area contributed by atoms with Gasteiger partial charge >= 0.3 is 0 Å². The summed E-state index contributed by atoms with van der Waals surface area (Å²) >= 11 is 0. The molecule has 124 valence electrons. The van der Waals surface area contributed by atoms with Gasteiger partial charge in [0.25, 0.3) is 0 Å². The molecule has 0 atom stereocenters. The Morgan fingerprint density at radius 3 is 2.00 bits per heavy atom. The minimum absolute atomic E-state index is 0.464.